The minimum absolute atomic E-state index is 0.376. The molecule has 2 aromatic rings. The van der Waals surface area contributed by atoms with E-state index in [0.29, 0.717) is 6.04 Å². The smallest absolute Gasteiger partial charge is 0.0291 e. The molecular formula is C20H23N. The molecule has 1 heteroatoms. The Labute approximate surface area is 128 Å². The Morgan fingerprint density at radius 1 is 0.952 bits per heavy atom. The van der Waals surface area contributed by atoms with Gasteiger partial charge in [0.25, 0.3) is 0 Å². The molecule has 0 fully saturated rings. The molecule has 0 saturated heterocycles. The fourth-order valence-electron chi connectivity index (χ4n) is 2.38. The van der Waals surface area contributed by atoms with Gasteiger partial charge in [-0.3, -0.25) is 0 Å². The monoisotopic (exact) mass is 277 g/mol. The maximum atomic E-state index is 5.25. The second-order valence-electron chi connectivity index (χ2n) is 5.33. The number of rotatable bonds is 7. The highest BCUT2D eigenvalue weighted by Gasteiger charge is 2.04. The van der Waals surface area contributed by atoms with Crippen molar-refractivity contribution in [2.75, 3.05) is 6.54 Å². The average Bonchev–Trinajstić information content (AvgIpc) is 2.55. The molecule has 0 aliphatic carbocycles. The van der Waals surface area contributed by atoms with Crippen LogP contribution in [0.2, 0.25) is 0 Å². The molecule has 0 amide bonds. The van der Waals surface area contributed by atoms with E-state index in [1.807, 2.05) is 6.07 Å². The lowest BCUT2D eigenvalue weighted by Crippen LogP contribution is -2.19. The molecule has 2 rings (SSSR count). The normalized spacial score (nSPS) is 11.8. The van der Waals surface area contributed by atoms with Gasteiger partial charge in [0.2, 0.25) is 0 Å². The maximum Gasteiger partial charge on any atom is 0.0291 e. The van der Waals surface area contributed by atoms with Crippen LogP contribution in [-0.2, 0) is 0 Å². The Bertz CT molecular complexity index is 563. The molecule has 0 heterocycles. The second kappa shape index (κ2) is 8.29. The van der Waals surface area contributed by atoms with Crippen molar-refractivity contribution in [2.45, 2.75) is 32.2 Å². The first-order valence-electron chi connectivity index (χ1n) is 7.63. The van der Waals surface area contributed by atoms with Crippen LogP contribution in [0.15, 0.2) is 54.6 Å². The Balaban J connectivity index is 1.88. The molecule has 1 atom stereocenters. The van der Waals surface area contributed by atoms with Crippen LogP contribution >= 0.6 is 0 Å². The van der Waals surface area contributed by atoms with Gasteiger partial charge in [-0.2, -0.15) is 0 Å². The molecule has 0 radical (unpaired) electrons. The van der Waals surface area contributed by atoms with Gasteiger partial charge in [0.05, 0.1) is 0 Å². The van der Waals surface area contributed by atoms with E-state index in [9.17, 15) is 0 Å². The highest BCUT2D eigenvalue weighted by molar-refractivity contribution is 5.63. The van der Waals surface area contributed by atoms with Crippen molar-refractivity contribution in [3.05, 3.63) is 60.2 Å². The number of hydrogen-bond donors (Lipinski definition) is 1. The molecule has 0 aliphatic rings. The Kier molecular flexibility index (Phi) is 6.06. The quantitative estimate of drug-likeness (QED) is 0.566. The predicted octanol–water partition coefficient (Wildman–Crippen LogP) is 4.81. The molecule has 0 aliphatic heterocycles. The summed E-state index contributed by atoms with van der Waals surface area (Å²) in [7, 11) is 0. The third kappa shape index (κ3) is 4.77. The van der Waals surface area contributed by atoms with Gasteiger partial charge in [0.15, 0.2) is 0 Å². The standard InChI is InChI=1S/C20H23N/c1-3-4-5-9-16-21-17(2)18-12-14-20(15-13-18)19-10-7-6-8-11-19/h1,6-8,10-15,17,21H,4-5,9,16H2,2H3. The number of nitrogens with one attached hydrogen (secondary N) is 1. The summed E-state index contributed by atoms with van der Waals surface area (Å²) < 4.78 is 0. The van der Waals surface area contributed by atoms with Crippen molar-refractivity contribution in [3.63, 3.8) is 0 Å². The zero-order chi connectivity index (χ0) is 14.9. The van der Waals surface area contributed by atoms with Crippen LogP contribution in [0.1, 0.15) is 37.8 Å². The van der Waals surface area contributed by atoms with E-state index < -0.39 is 0 Å². The second-order valence-corrected chi connectivity index (χ2v) is 5.33. The third-order valence-corrected chi connectivity index (χ3v) is 3.72. The molecule has 2 aromatic carbocycles. The van der Waals surface area contributed by atoms with E-state index in [1.165, 1.54) is 16.7 Å². The Morgan fingerprint density at radius 3 is 2.29 bits per heavy atom. The SMILES string of the molecule is C#CCCCCNC(C)c1ccc(-c2ccccc2)cc1. The first kappa shape index (κ1) is 15.4. The highest BCUT2D eigenvalue weighted by atomic mass is 14.9. The van der Waals surface area contributed by atoms with Gasteiger partial charge in [0.1, 0.15) is 0 Å². The van der Waals surface area contributed by atoms with Crippen LogP contribution in [0.3, 0.4) is 0 Å². The molecule has 108 valence electrons. The van der Waals surface area contributed by atoms with Crippen LogP contribution in [0.25, 0.3) is 11.1 Å². The predicted molar refractivity (Wildman–Crippen MR) is 91.0 cm³/mol. The zero-order valence-corrected chi connectivity index (χ0v) is 12.7. The van der Waals surface area contributed by atoms with E-state index >= 15 is 0 Å². The topological polar surface area (TPSA) is 12.0 Å². The number of unbranched alkanes of at least 4 members (excludes halogenated alkanes) is 2. The van der Waals surface area contributed by atoms with Gasteiger partial charge in [-0.15, -0.1) is 12.3 Å². The molecule has 1 N–H and O–H groups in total. The van der Waals surface area contributed by atoms with Crippen molar-refractivity contribution < 1.29 is 0 Å². The fraction of sp³-hybridized carbons (Fsp3) is 0.300. The summed E-state index contributed by atoms with van der Waals surface area (Å²) in [5.74, 6) is 2.68. The van der Waals surface area contributed by atoms with E-state index in [2.05, 4.69) is 66.7 Å². The van der Waals surface area contributed by atoms with Crippen molar-refractivity contribution >= 4 is 0 Å². The third-order valence-electron chi connectivity index (χ3n) is 3.72. The lowest BCUT2D eigenvalue weighted by molar-refractivity contribution is 0.549. The summed E-state index contributed by atoms with van der Waals surface area (Å²) >= 11 is 0. The molecule has 0 spiro atoms. The van der Waals surface area contributed by atoms with E-state index in [-0.39, 0.29) is 0 Å². The van der Waals surface area contributed by atoms with E-state index in [1.54, 1.807) is 0 Å². The summed E-state index contributed by atoms with van der Waals surface area (Å²) in [4.78, 5) is 0. The molecule has 1 nitrogen and oxygen atoms in total. The fourth-order valence-corrected chi connectivity index (χ4v) is 2.38. The van der Waals surface area contributed by atoms with Crippen LogP contribution in [0.4, 0.5) is 0 Å². The molecular weight excluding hydrogens is 254 g/mol. The highest BCUT2D eigenvalue weighted by Crippen LogP contribution is 2.21. The van der Waals surface area contributed by atoms with Gasteiger partial charge < -0.3 is 5.32 Å². The number of terminal acetylenes is 1. The molecule has 0 bridgehead atoms. The van der Waals surface area contributed by atoms with E-state index in [4.69, 9.17) is 6.42 Å². The van der Waals surface area contributed by atoms with Crippen LogP contribution < -0.4 is 5.32 Å². The van der Waals surface area contributed by atoms with E-state index in [0.717, 1.165) is 25.8 Å². The molecule has 21 heavy (non-hydrogen) atoms. The number of hydrogen-bond acceptors (Lipinski definition) is 1. The summed E-state index contributed by atoms with van der Waals surface area (Å²) in [6, 6.07) is 19.7. The minimum atomic E-state index is 0.376. The summed E-state index contributed by atoms with van der Waals surface area (Å²) in [5, 5.41) is 3.55. The van der Waals surface area contributed by atoms with Crippen molar-refractivity contribution in [2.24, 2.45) is 0 Å². The summed E-state index contributed by atoms with van der Waals surface area (Å²) in [6.45, 7) is 3.22. The van der Waals surface area contributed by atoms with Crippen molar-refractivity contribution in [1.82, 2.24) is 5.32 Å². The Morgan fingerprint density at radius 2 is 1.62 bits per heavy atom. The largest absolute Gasteiger partial charge is 0.310 e. The molecule has 0 saturated carbocycles. The van der Waals surface area contributed by atoms with Gasteiger partial charge in [0, 0.05) is 12.5 Å². The molecule has 1 unspecified atom stereocenters. The lowest BCUT2D eigenvalue weighted by atomic mass is 10.0. The number of benzene rings is 2. The van der Waals surface area contributed by atoms with Crippen LogP contribution in [0, 0.1) is 12.3 Å². The summed E-state index contributed by atoms with van der Waals surface area (Å²) in [5.41, 5.74) is 3.85. The minimum Gasteiger partial charge on any atom is -0.310 e. The maximum absolute atomic E-state index is 5.25. The van der Waals surface area contributed by atoms with Crippen LogP contribution in [0.5, 0.6) is 0 Å². The Hall–Kier alpha value is -2.04. The average molecular weight is 277 g/mol. The zero-order valence-electron chi connectivity index (χ0n) is 12.7. The van der Waals surface area contributed by atoms with Crippen molar-refractivity contribution in [3.8, 4) is 23.5 Å². The van der Waals surface area contributed by atoms with Gasteiger partial charge in [-0.05, 0) is 43.0 Å². The molecule has 0 aromatic heterocycles. The first-order valence-corrected chi connectivity index (χ1v) is 7.63. The van der Waals surface area contributed by atoms with Gasteiger partial charge >= 0.3 is 0 Å². The van der Waals surface area contributed by atoms with Gasteiger partial charge in [-0.25, -0.2) is 0 Å². The summed E-state index contributed by atoms with van der Waals surface area (Å²) in [6.07, 6.45) is 8.37. The first-order chi connectivity index (χ1) is 10.3. The van der Waals surface area contributed by atoms with Gasteiger partial charge in [-0.1, -0.05) is 54.6 Å². The van der Waals surface area contributed by atoms with Crippen LogP contribution in [-0.4, -0.2) is 6.54 Å². The lowest BCUT2D eigenvalue weighted by Gasteiger charge is -2.14. The van der Waals surface area contributed by atoms with Crippen molar-refractivity contribution in [1.29, 1.82) is 0 Å².